The van der Waals surface area contributed by atoms with Gasteiger partial charge in [0.15, 0.2) is 5.78 Å². The molecule has 3 fully saturated rings. The number of nitrogens with zero attached hydrogens (tertiary/aromatic N) is 3. The Morgan fingerprint density at radius 1 is 0.821 bits per heavy atom. The quantitative estimate of drug-likeness (QED) is 0.497. The zero-order chi connectivity index (χ0) is 26.8. The summed E-state index contributed by atoms with van der Waals surface area (Å²) in [5, 5.41) is 0. The van der Waals surface area contributed by atoms with Crippen molar-refractivity contribution in [1.82, 2.24) is 14.7 Å². The fraction of sp³-hybridized carbons (Fsp3) is 0.531. The SMILES string of the molecule is O=C1CCC(N2Cc3c(OCc4ccc(CN5CCC(N6CCCCC6)CC5)cc4)cccc3C2=O)C(=O)C1. The molecule has 0 N–H and O–H groups in total. The highest BCUT2D eigenvalue weighted by Crippen LogP contribution is 2.34. The largest absolute Gasteiger partial charge is 0.489 e. The minimum atomic E-state index is -0.515. The van der Waals surface area contributed by atoms with Gasteiger partial charge in [0.1, 0.15) is 18.1 Å². The van der Waals surface area contributed by atoms with Crippen LogP contribution < -0.4 is 4.74 Å². The molecule has 7 heteroatoms. The molecule has 0 radical (unpaired) electrons. The van der Waals surface area contributed by atoms with Crippen molar-refractivity contribution in [2.75, 3.05) is 26.2 Å². The van der Waals surface area contributed by atoms with Crippen molar-refractivity contribution < 1.29 is 19.1 Å². The van der Waals surface area contributed by atoms with Gasteiger partial charge in [-0.05, 0) is 81.5 Å². The Balaban J connectivity index is 1.02. The molecule has 7 nitrogen and oxygen atoms in total. The number of benzene rings is 2. The number of hydrogen-bond acceptors (Lipinski definition) is 6. The van der Waals surface area contributed by atoms with E-state index in [1.54, 1.807) is 11.0 Å². The third-order valence-electron chi connectivity index (χ3n) is 9.06. The predicted octanol–water partition coefficient (Wildman–Crippen LogP) is 4.36. The van der Waals surface area contributed by atoms with Gasteiger partial charge in [-0.25, -0.2) is 0 Å². The van der Waals surface area contributed by atoms with Gasteiger partial charge >= 0.3 is 0 Å². The Kier molecular flexibility index (Phi) is 7.80. The zero-order valence-electron chi connectivity index (χ0n) is 22.8. The van der Waals surface area contributed by atoms with Gasteiger partial charge in [-0.2, -0.15) is 0 Å². The Morgan fingerprint density at radius 3 is 2.31 bits per heavy atom. The summed E-state index contributed by atoms with van der Waals surface area (Å²) in [6, 6.07) is 14.4. The summed E-state index contributed by atoms with van der Waals surface area (Å²) in [4.78, 5) is 44.1. The number of likely N-dealkylation sites (tertiary alicyclic amines) is 2. The van der Waals surface area contributed by atoms with Crippen molar-refractivity contribution in [3.63, 3.8) is 0 Å². The van der Waals surface area contributed by atoms with E-state index < -0.39 is 6.04 Å². The molecule has 2 aromatic carbocycles. The van der Waals surface area contributed by atoms with Gasteiger partial charge in [0.2, 0.25) is 0 Å². The van der Waals surface area contributed by atoms with Gasteiger partial charge < -0.3 is 14.5 Å². The molecule has 1 unspecified atom stereocenters. The van der Waals surface area contributed by atoms with E-state index in [-0.39, 0.29) is 23.9 Å². The number of rotatable bonds is 7. The van der Waals surface area contributed by atoms with E-state index in [0.717, 1.165) is 23.7 Å². The second-order valence-corrected chi connectivity index (χ2v) is 11.7. The fourth-order valence-corrected chi connectivity index (χ4v) is 6.79. The van der Waals surface area contributed by atoms with E-state index in [2.05, 4.69) is 34.1 Å². The Bertz CT molecular complexity index is 1210. The van der Waals surface area contributed by atoms with Crippen LogP contribution in [-0.2, 0) is 29.3 Å². The lowest BCUT2D eigenvalue weighted by Crippen LogP contribution is -2.46. The predicted molar refractivity (Wildman–Crippen MR) is 148 cm³/mol. The lowest BCUT2D eigenvalue weighted by Gasteiger charge is -2.40. The number of Topliss-reactive ketones (excluding diaryl/α,β-unsaturated/α-hetero) is 2. The summed E-state index contributed by atoms with van der Waals surface area (Å²) in [5.41, 5.74) is 3.84. The number of carbonyl (C=O) groups is 3. The number of piperidine rings is 2. The molecule has 2 saturated heterocycles. The number of hydrogen-bond donors (Lipinski definition) is 0. The standard InChI is InChI=1S/C32H39N3O4/c36-26-11-12-29(30(37)19-26)35-21-28-27(32(35)38)5-4-6-31(28)39-22-24-9-7-23(8-10-24)20-33-17-13-25(14-18-33)34-15-2-1-3-16-34/h4-10,25,29H,1-3,11-22H2. The van der Waals surface area contributed by atoms with Crippen LogP contribution in [0, 0.1) is 0 Å². The number of ether oxygens (including phenoxy) is 1. The third-order valence-corrected chi connectivity index (χ3v) is 9.06. The van der Waals surface area contributed by atoms with Crippen LogP contribution in [0.4, 0.5) is 0 Å². The van der Waals surface area contributed by atoms with Gasteiger partial charge in [0, 0.05) is 30.1 Å². The van der Waals surface area contributed by atoms with Gasteiger partial charge in [-0.3, -0.25) is 19.3 Å². The van der Waals surface area contributed by atoms with E-state index >= 15 is 0 Å². The highest BCUT2D eigenvalue weighted by atomic mass is 16.5. The second-order valence-electron chi connectivity index (χ2n) is 11.7. The first-order valence-corrected chi connectivity index (χ1v) is 14.7. The minimum absolute atomic E-state index is 0.0344. The molecule has 2 aromatic rings. The highest BCUT2D eigenvalue weighted by molar-refractivity contribution is 6.07. The lowest BCUT2D eigenvalue weighted by atomic mass is 9.92. The number of ketones is 2. The Labute approximate surface area is 231 Å². The zero-order valence-corrected chi connectivity index (χ0v) is 22.8. The maximum Gasteiger partial charge on any atom is 0.255 e. The fourth-order valence-electron chi connectivity index (χ4n) is 6.79. The average molecular weight is 530 g/mol. The van der Waals surface area contributed by atoms with E-state index in [1.165, 1.54) is 63.8 Å². The minimum Gasteiger partial charge on any atom is -0.489 e. The number of fused-ring (bicyclic) bond motifs is 1. The smallest absolute Gasteiger partial charge is 0.255 e. The topological polar surface area (TPSA) is 70.2 Å². The van der Waals surface area contributed by atoms with Crippen molar-refractivity contribution in [2.24, 2.45) is 0 Å². The molecule has 206 valence electrons. The summed E-state index contributed by atoms with van der Waals surface area (Å²) in [7, 11) is 0. The molecule has 3 heterocycles. The van der Waals surface area contributed by atoms with E-state index in [9.17, 15) is 14.4 Å². The molecular weight excluding hydrogens is 490 g/mol. The first-order valence-electron chi connectivity index (χ1n) is 14.7. The summed E-state index contributed by atoms with van der Waals surface area (Å²) >= 11 is 0. The molecule has 1 amide bonds. The van der Waals surface area contributed by atoms with Crippen molar-refractivity contribution in [2.45, 2.75) is 83.1 Å². The lowest BCUT2D eigenvalue weighted by molar-refractivity contribution is -0.133. The maximum atomic E-state index is 13.1. The molecule has 39 heavy (non-hydrogen) atoms. The van der Waals surface area contributed by atoms with Crippen molar-refractivity contribution in [1.29, 1.82) is 0 Å². The Hall–Kier alpha value is -3.03. The molecule has 4 aliphatic rings. The number of carbonyl (C=O) groups excluding carboxylic acids is 3. The summed E-state index contributed by atoms with van der Waals surface area (Å²) < 4.78 is 6.19. The molecule has 3 aliphatic heterocycles. The molecule has 1 saturated carbocycles. The van der Waals surface area contributed by atoms with Crippen LogP contribution >= 0.6 is 0 Å². The van der Waals surface area contributed by atoms with Crippen molar-refractivity contribution in [3.05, 3.63) is 64.7 Å². The van der Waals surface area contributed by atoms with Crippen LogP contribution in [-0.4, -0.2) is 70.4 Å². The first-order chi connectivity index (χ1) is 19.0. The molecule has 1 aliphatic carbocycles. The highest BCUT2D eigenvalue weighted by Gasteiger charge is 2.40. The molecule has 6 rings (SSSR count). The van der Waals surface area contributed by atoms with Gasteiger partial charge in [-0.1, -0.05) is 36.8 Å². The van der Waals surface area contributed by atoms with Crippen LogP contribution in [0.25, 0.3) is 0 Å². The van der Waals surface area contributed by atoms with Gasteiger partial charge in [0.05, 0.1) is 19.0 Å². The molecule has 0 bridgehead atoms. The van der Waals surface area contributed by atoms with Crippen LogP contribution in [0.15, 0.2) is 42.5 Å². The van der Waals surface area contributed by atoms with Gasteiger partial charge in [0.25, 0.3) is 5.91 Å². The van der Waals surface area contributed by atoms with Gasteiger partial charge in [-0.15, -0.1) is 0 Å². The summed E-state index contributed by atoms with van der Waals surface area (Å²) in [6.45, 7) is 6.68. The molecule has 1 atom stereocenters. The average Bonchev–Trinajstić information content (AvgIpc) is 3.30. The summed E-state index contributed by atoms with van der Waals surface area (Å²) in [5.74, 6) is 0.352. The van der Waals surface area contributed by atoms with Crippen molar-refractivity contribution in [3.8, 4) is 5.75 Å². The van der Waals surface area contributed by atoms with Crippen LogP contribution in [0.1, 0.15) is 78.4 Å². The number of amides is 1. The van der Waals surface area contributed by atoms with Crippen molar-refractivity contribution >= 4 is 17.5 Å². The monoisotopic (exact) mass is 529 g/mol. The second kappa shape index (κ2) is 11.6. The van der Waals surface area contributed by atoms with Crippen LogP contribution in [0.5, 0.6) is 5.75 Å². The third kappa shape index (κ3) is 5.80. The Morgan fingerprint density at radius 2 is 1.56 bits per heavy atom. The van der Waals surface area contributed by atoms with E-state index in [4.69, 9.17) is 4.74 Å². The van der Waals surface area contributed by atoms with E-state index in [0.29, 0.717) is 37.3 Å². The molecule has 0 aromatic heterocycles. The van der Waals surface area contributed by atoms with E-state index in [1.807, 2.05) is 12.1 Å². The normalized spacial score (nSPS) is 23.3. The van der Waals surface area contributed by atoms with Crippen LogP contribution in [0.2, 0.25) is 0 Å². The molecule has 0 spiro atoms. The maximum absolute atomic E-state index is 13.1. The first kappa shape index (κ1) is 26.2. The summed E-state index contributed by atoms with van der Waals surface area (Å²) in [6.07, 6.45) is 7.38. The molecular formula is C32H39N3O4. The van der Waals surface area contributed by atoms with Crippen LogP contribution in [0.3, 0.4) is 0 Å².